The molecule has 0 N–H and O–H groups in total. The lowest BCUT2D eigenvalue weighted by Gasteiger charge is -2.36. The van der Waals surface area contributed by atoms with Gasteiger partial charge in [-0.1, -0.05) is 235 Å². The van der Waals surface area contributed by atoms with Gasteiger partial charge >= 0.3 is 0 Å². The van der Waals surface area contributed by atoms with E-state index in [1.54, 1.807) is 23.8 Å². The molecule has 116 heavy (non-hydrogen) atoms. The van der Waals surface area contributed by atoms with E-state index >= 15 is 0 Å². The van der Waals surface area contributed by atoms with Gasteiger partial charge in [0.05, 0.1) is 0 Å². The van der Waals surface area contributed by atoms with Crippen LogP contribution in [0.15, 0.2) is 171 Å². The lowest BCUT2D eigenvalue weighted by molar-refractivity contribution is -0.661. The van der Waals surface area contributed by atoms with E-state index < -0.39 is 13.7 Å². The minimum Gasteiger partial charge on any atom is -0.201 e. The van der Waals surface area contributed by atoms with Crippen molar-refractivity contribution in [1.82, 2.24) is 0 Å². The topological polar surface area (TPSA) is 19.4 Å². The van der Waals surface area contributed by atoms with Gasteiger partial charge in [0.25, 0.3) is 0 Å². The lowest BCUT2D eigenvalue weighted by atomic mass is 9.68. The van der Waals surface area contributed by atoms with Crippen LogP contribution in [-0.4, -0.2) is 0 Å². The van der Waals surface area contributed by atoms with Gasteiger partial charge in [-0.15, -0.1) is 0 Å². The van der Waals surface area contributed by atoms with Crippen LogP contribution in [0.1, 0.15) is 332 Å². The van der Waals surface area contributed by atoms with Gasteiger partial charge in [0.1, 0.15) is 35.2 Å². The van der Waals surface area contributed by atoms with Crippen LogP contribution in [-0.2, 0) is 73.1 Å². The Hall–Kier alpha value is -8.15. The van der Waals surface area contributed by atoms with E-state index in [2.05, 4.69) is 379 Å². The molecule has 0 spiro atoms. The predicted molar refractivity (Wildman–Crippen MR) is 504 cm³/mol. The van der Waals surface area contributed by atoms with E-state index in [0.29, 0.717) is 11.1 Å². The Kier molecular flexibility index (Phi) is 30.8. The van der Waals surface area contributed by atoms with Gasteiger partial charge in [0.15, 0.2) is 31.0 Å². The molecule has 0 aliphatic heterocycles. The largest absolute Gasteiger partial charge is 0.212 e. The SMILES string of the molecule is CCC(C)(C)c1ccc(-c2ccccc2C)[n+](C)c1.CCC(C)(CC)c1c[n+](C)c(-c2ccc(C)cc2C)cc1C.CCC(C)(CC)c1cc(-c2ccccc2C)[n+](C)cc1C(C)(CC)CC.[2H]C([2H])([2H])c1ccc(-c2cc(C(C)(CC)CC)c(C(C)(CC)CC)c[n+]2C)c(C)c1.[2H]C([2H])([2H])c1ccc(-c2cc(C)c(C(C)(CC)CC)c[n+]2C)c(C)c1. The molecule has 0 radical (unpaired) electrons. The van der Waals surface area contributed by atoms with Crippen LogP contribution in [0.5, 0.6) is 0 Å². The molecule has 0 fully saturated rings. The molecule has 0 unspecified atom stereocenters. The van der Waals surface area contributed by atoms with Gasteiger partial charge in [-0.05, 0) is 277 Å². The number of aryl methyl sites for hydroxylation is 15. The van der Waals surface area contributed by atoms with E-state index in [9.17, 15) is 0 Å². The number of benzene rings is 5. The van der Waals surface area contributed by atoms with Crippen molar-refractivity contribution in [3.63, 3.8) is 0 Å². The molecule has 0 saturated heterocycles. The van der Waals surface area contributed by atoms with Crippen LogP contribution in [0, 0.1) is 69.1 Å². The first-order valence-electron chi connectivity index (χ1n) is 47.5. The molecule has 5 heteroatoms. The zero-order chi connectivity index (χ0) is 92.0. The molecule has 10 aromatic rings. The van der Waals surface area contributed by atoms with Gasteiger partial charge in [-0.2, -0.15) is 0 Å². The second kappa shape index (κ2) is 41.0. The second-order valence-corrected chi connectivity index (χ2v) is 36.7. The summed E-state index contributed by atoms with van der Waals surface area (Å²) in [5.74, 6) is 0. The zero-order valence-electron chi connectivity index (χ0n) is 85.6. The molecule has 5 aromatic carbocycles. The molecule has 0 aliphatic carbocycles. The summed E-state index contributed by atoms with van der Waals surface area (Å²) in [5.41, 5.74) is 34.7. The first-order chi connectivity index (χ1) is 56.9. The fraction of sp³-hybridized carbons (Fsp3) is 0.505. The van der Waals surface area contributed by atoms with Crippen molar-refractivity contribution in [3.05, 3.63) is 265 Å². The molecule has 626 valence electrons. The number of aromatic nitrogens is 5. The molecule has 10 rings (SSSR count). The van der Waals surface area contributed by atoms with E-state index in [1.807, 2.05) is 32.0 Å². The van der Waals surface area contributed by atoms with E-state index in [1.165, 1.54) is 139 Å². The summed E-state index contributed by atoms with van der Waals surface area (Å²) >= 11 is 0. The van der Waals surface area contributed by atoms with Crippen LogP contribution in [0.4, 0.5) is 0 Å². The van der Waals surface area contributed by atoms with E-state index in [-0.39, 0.29) is 37.9 Å². The van der Waals surface area contributed by atoms with Gasteiger partial charge in [-0.3, -0.25) is 0 Å². The molecular formula is C111H162N5+5. The average molecular weight is 1570 g/mol. The van der Waals surface area contributed by atoms with Crippen molar-refractivity contribution in [2.75, 3.05) is 0 Å². The quantitative estimate of drug-likeness (QED) is 0.0508. The van der Waals surface area contributed by atoms with Crippen molar-refractivity contribution < 1.29 is 31.1 Å². The Morgan fingerprint density at radius 1 is 0.233 bits per heavy atom. The fourth-order valence-corrected chi connectivity index (χ4v) is 17.1. The second-order valence-electron chi connectivity index (χ2n) is 36.7. The van der Waals surface area contributed by atoms with Gasteiger partial charge in [-0.25, -0.2) is 22.8 Å². The maximum absolute atomic E-state index is 7.72. The third-order valence-electron chi connectivity index (χ3n) is 29.1. The fourth-order valence-electron chi connectivity index (χ4n) is 17.1. The minimum absolute atomic E-state index is 0.108. The molecule has 5 aromatic heterocycles. The molecule has 5 nitrogen and oxygen atoms in total. The molecule has 0 atom stereocenters. The number of nitrogens with zero attached hydrogens (tertiary/aromatic N) is 5. The van der Waals surface area contributed by atoms with Crippen molar-refractivity contribution >= 4 is 0 Å². The average Bonchev–Trinajstić information content (AvgIpc) is 0.755. The summed E-state index contributed by atoms with van der Waals surface area (Å²) in [6.45, 7) is 61.8. The Morgan fingerprint density at radius 2 is 0.491 bits per heavy atom. The highest BCUT2D eigenvalue weighted by molar-refractivity contribution is 5.67. The Bertz CT molecular complexity index is 5160. The summed E-state index contributed by atoms with van der Waals surface area (Å²) in [6, 6.07) is 49.0. The van der Waals surface area contributed by atoms with Crippen LogP contribution in [0.2, 0.25) is 0 Å². The van der Waals surface area contributed by atoms with Gasteiger partial charge in [0.2, 0.25) is 28.5 Å². The predicted octanol–water partition coefficient (Wildman–Crippen LogP) is 28.1. The third kappa shape index (κ3) is 21.8. The minimum atomic E-state index is -2.08. The summed E-state index contributed by atoms with van der Waals surface area (Å²) < 4.78 is 57.2. The van der Waals surface area contributed by atoms with E-state index in [0.717, 1.165) is 78.6 Å². The summed E-state index contributed by atoms with van der Waals surface area (Å²) in [4.78, 5) is 0. The van der Waals surface area contributed by atoms with Crippen molar-refractivity contribution in [2.24, 2.45) is 35.2 Å². The lowest BCUT2D eigenvalue weighted by Crippen LogP contribution is -2.38. The molecule has 5 heterocycles. The molecule has 0 bridgehead atoms. The maximum Gasteiger partial charge on any atom is 0.212 e. The number of hydrogen-bond donors (Lipinski definition) is 0. The summed E-state index contributed by atoms with van der Waals surface area (Å²) in [7, 11) is 10.7. The highest BCUT2D eigenvalue weighted by Crippen LogP contribution is 2.45. The number of hydrogen-bond acceptors (Lipinski definition) is 0. The zero-order valence-corrected chi connectivity index (χ0v) is 79.6. The molecule has 0 saturated carbocycles. The van der Waals surface area contributed by atoms with Gasteiger partial charge in [0, 0.05) is 94.2 Å². The number of pyridine rings is 5. The Balaban J connectivity index is 0.000000238. The first-order valence-corrected chi connectivity index (χ1v) is 44.5. The molecule has 0 amide bonds. The smallest absolute Gasteiger partial charge is 0.201 e. The van der Waals surface area contributed by atoms with Gasteiger partial charge < -0.3 is 0 Å². The summed E-state index contributed by atoms with van der Waals surface area (Å²) in [6.07, 6.45) is 26.4. The Labute approximate surface area is 719 Å². The van der Waals surface area contributed by atoms with Crippen LogP contribution >= 0.6 is 0 Å². The monoisotopic (exact) mass is 1570 g/mol. The standard InChI is InChI=1S/C26H40N.C25H38N.2C21H30N.C18H24N/c1-10-25(7,11-2)22-17-24(21-15-14-19(5)16-20(21)6)27(9)18-23(22)26(8,12-3)13-4;1-9-24(6,10-2)21-17-23(20-16-14-13-15-19(20)5)26(8)18-22(21)25(7,11-3)12-4;2*1-8-21(6,9-2)19-14-22(7)20(13-17(19)5)18-11-10-15(3)12-16(18)4;1-6-18(3,4)15-11-12-17(19(5)13-15)16-10-8-7-9-14(16)2/h14-18H,10-13H2,1-9H3;13-18H,9-12H2,1-8H3;2*10-14H,8-9H2,1-7H3;7-13H,6H2,1-5H3/q5*+1/i5D3;;3D3;;. The van der Waals surface area contributed by atoms with Crippen molar-refractivity contribution in [3.8, 4) is 56.3 Å². The Morgan fingerprint density at radius 3 is 0.784 bits per heavy atom. The summed E-state index contributed by atoms with van der Waals surface area (Å²) in [5, 5.41) is 0. The molecule has 0 aliphatic rings. The van der Waals surface area contributed by atoms with Crippen molar-refractivity contribution in [1.29, 1.82) is 0 Å². The van der Waals surface area contributed by atoms with Crippen LogP contribution in [0.3, 0.4) is 0 Å². The third-order valence-corrected chi connectivity index (χ3v) is 29.1. The normalized spacial score (nSPS) is 13.1. The van der Waals surface area contributed by atoms with Crippen LogP contribution < -0.4 is 22.8 Å². The van der Waals surface area contributed by atoms with E-state index in [4.69, 9.17) is 8.22 Å². The van der Waals surface area contributed by atoms with Crippen molar-refractivity contribution in [2.45, 2.75) is 336 Å². The maximum atomic E-state index is 7.72. The first kappa shape index (κ1) is 87.2. The highest BCUT2D eigenvalue weighted by Gasteiger charge is 2.39. The number of rotatable bonds is 25. The molecular weight excluding hydrogens is 1400 g/mol. The highest BCUT2D eigenvalue weighted by atomic mass is 14.9. The van der Waals surface area contributed by atoms with Crippen LogP contribution in [0.25, 0.3) is 56.3 Å².